The van der Waals surface area contributed by atoms with Crippen LogP contribution in [-0.2, 0) is 10.2 Å². The summed E-state index contributed by atoms with van der Waals surface area (Å²) in [6.07, 6.45) is 1.65. The number of fused-ring (bicyclic) bond motifs is 2. The van der Waals surface area contributed by atoms with Crippen molar-refractivity contribution < 1.29 is 19.0 Å². The Kier molecular flexibility index (Phi) is 2.78. The maximum Gasteiger partial charge on any atom is 0.409 e. The highest BCUT2D eigenvalue weighted by Gasteiger charge is 2.43. The average molecular weight is 263 g/mol. The molecule has 0 atom stereocenters. The standard InChI is InChI=1S/C14H14FNO3/c15-12-8-9-7-10(16-13(17)18)1-2-11(9)14(12)3-5-19-6-4-14/h1-2,7-8,16H,3-6H2,(H,17,18). The van der Waals surface area contributed by atoms with Crippen LogP contribution in [0.15, 0.2) is 24.0 Å². The number of carboxylic acid groups (broad SMARTS) is 1. The molecule has 1 fully saturated rings. The van der Waals surface area contributed by atoms with Crippen LogP contribution in [0.4, 0.5) is 14.9 Å². The molecule has 5 heteroatoms. The first kappa shape index (κ1) is 12.2. The maximum atomic E-state index is 14.3. The van der Waals surface area contributed by atoms with Gasteiger partial charge in [-0.05, 0) is 42.2 Å². The highest BCUT2D eigenvalue weighted by Crippen LogP contribution is 2.49. The summed E-state index contributed by atoms with van der Waals surface area (Å²) in [4.78, 5) is 10.6. The van der Waals surface area contributed by atoms with Crippen molar-refractivity contribution in [2.75, 3.05) is 18.5 Å². The van der Waals surface area contributed by atoms with E-state index in [0.717, 1.165) is 11.1 Å². The molecule has 0 saturated carbocycles. The minimum absolute atomic E-state index is 0.140. The van der Waals surface area contributed by atoms with Gasteiger partial charge < -0.3 is 9.84 Å². The second-order valence-electron chi connectivity index (χ2n) is 4.92. The summed E-state index contributed by atoms with van der Waals surface area (Å²) >= 11 is 0. The topological polar surface area (TPSA) is 58.6 Å². The Morgan fingerprint density at radius 3 is 2.79 bits per heavy atom. The average Bonchev–Trinajstić information content (AvgIpc) is 2.62. The number of anilines is 1. The van der Waals surface area contributed by atoms with Gasteiger partial charge in [0.2, 0.25) is 0 Å². The van der Waals surface area contributed by atoms with Crippen LogP contribution < -0.4 is 5.32 Å². The van der Waals surface area contributed by atoms with Gasteiger partial charge in [0.05, 0.1) is 5.41 Å². The Morgan fingerprint density at radius 1 is 1.37 bits per heavy atom. The first-order valence-corrected chi connectivity index (χ1v) is 6.22. The lowest BCUT2D eigenvalue weighted by atomic mass is 9.75. The number of benzene rings is 1. The van der Waals surface area contributed by atoms with Gasteiger partial charge in [0.25, 0.3) is 0 Å². The molecule has 0 aromatic heterocycles. The summed E-state index contributed by atoms with van der Waals surface area (Å²) in [6, 6.07) is 5.17. The van der Waals surface area contributed by atoms with Gasteiger partial charge in [-0.2, -0.15) is 0 Å². The van der Waals surface area contributed by atoms with Crippen LogP contribution in [0.3, 0.4) is 0 Å². The zero-order valence-corrected chi connectivity index (χ0v) is 10.3. The van der Waals surface area contributed by atoms with Crippen molar-refractivity contribution in [2.45, 2.75) is 18.3 Å². The smallest absolute Gasteiger partial charge is 0.409 e. The molecule has 1 amide bonds. The van der Waals surface area contributed by atoms with E-state index in [1.54, 1.807) is 12.1 Å². The Labute approximate surface area is 109 Å². The minimum Gasteiger partial charge on any atom is -0.465 e. The van der Waals surface area contributed by atoms with E-state index < -0.39 is 11.5 Å². The molecule has 4 nitrogen and oxygen atoms in total. The molecule has 1 heterocycles. The highest BCUT2D eigenvalue weighted by molar-refractivity contribution is 5.84. The van der Waals surface area contributed by atoms with E-state index in [4.69, 9.17) is 9.84 Å². The van der Waals surface area contributed by atoms with Gasteiger partial charge in [-0.3, -0.25) is 5.32 Å². The third kappa shape index (κ3) is 1.90. The molecular formula is C14H14FNO3. The summed E-state index contributed by atoms with van der Waals surface area (Å²) < 4.78 is 19.6. The third-order valence-corrected chi connectivity index (χ3v) is 3.90. The Hall–Kier alpha value is -1.88. The van der Waals surface area contributed by atoms with Crippen molar-refractivity contribution in [3.63, 3.8) is 0 Å². The lowest BCUT2D eigenvalue weighted by molar-refractivity contribution is 0.0564. The van der Waals surface area contributed by atoms with E-state index in [9.17, 15) is 9.18 Å². The Balaban J connectivity index is 2.00. The zero-order chi connectivity index (χ0) is 13.5. The quantitative estimate of drug-likeness (QED) is 0.818. The number of ether oxygens (including phenoxy) is 1. The van der Waals surface area contributed by atoms with Crippen LogP contribution in [0.5, 0.6) is 0 Å². The Morgan fingerprint density at radius 2 is 2.11 bits per heavy atom. The molecule has 100 valence electrons. The Bertz CT molecular complexity index is 562. The molecule has 1 spiro atoms. The molecule has 2 aliphatic rings. The normalized spacial score (nSPS) is 19.9. The minimum atomic E-state index is -1.12. The lowest BCUT2D eigenvalue weighted by Gasteiger charge is -2.34. The van der Waals surface area contributed by atoms with Gasteiger partial charge in [0.15, 0.2) is 0 Å². The molecule has 1 aliphatic carbocycles. The van der Waals surface area contributed by atoms with Gasteiger partial charge in [0.1, 0.15) is 5.83 Å². The second-order valence-corrected chi connectivity index (χ2v) is 4.92. The number of halogens is 1. The van der Waals surface area contributed by atoms with Gasteiger partial charge >= 0.3 is 6.09 Å². The van der Waals surface area contributed by atoms with Crippen molar-refractivity contribution in [3.05, 3.63) is 35.2 Å². The number of amides is 1. The number of nitrogens with one attached hydrogen (secondary N) is 1. The number of allylic oxidation sites excluding steroid dienone is 1. The molecule has 0 bridgehead atoms. The van der Waals surface area contributed by atoms with E-state index >= 15 is 0 Å². The van der Waals surface area contributed by atoms with Crippen LogP contribution in [0.25, 0.3) is 6.08 Å². The fourth-order valence-electron chi connectivity index (χ4n) is 2.95. The van der Waals surface area contributed by atoms with E-state index in [0.29, 0.717) is 31.7 Å². The van der Waals surface area contributed by atoms with Crippen LogP contribution in [0, 0.1) is 0 Å². The summed E-state index contributed by atoms with van der Waals surface area (Å²) in [5.41, 5.74) is 1.59. The second kappa shape index (κ2) is 4.35. The largest absolute Gasteiger partial charge is 0.465 e. The molecule has 0 radical (unpaired) electrons. The van der Waals surface area contributed by atoms with Gasteiger partial charge in [0, 0.05) is 18.9 Å². The summed E-state index contributed by atoms with van der Waals surface area (Å²) in [6.45, 7) is 1.10. The highest BCUT2D eigenvalue weighted by atomic mass is 19.1. The van der Waals surface area contributed by atoms with Crippen LogP contribution >= 0.6 is 0 Å². The van der Waals surface area contributed by atoms with Crippen molar-refractivity contribution in [1.29, 1.82) is 0 Å². The maximum absolute atomic E-state index is 14.3. The summed E-state index contributed by atoms with van der Waals surface area (Å²) in [5, 5.41) is 11.0. The molecule has 1 aliphatic heterocycles. The van der Waals surface area contributed by atoms with E-state index in [2.05, 4.69) is 5.32 Å². The number of carbonyl (C=O) groups is 1. The summed E-state index contributed by atoms with van der Waals surface area (Å²) in [7, 11) is 0. The predicted octanol–water partition coefficient (Wildman–Crippen LogP) is 3.15. The first-order valence-electron chi connectivity index (χ1n) is 6.22. The molecule has 1 aromatic rings. The summed E-state index contributed by atoms with van der Waals surface area (Å²) in [5.74, 6) is -0.140. The molecule has 2 N–H and O–H groups in total. The number of rotatable bonds is 1. The van der Waals surface area contributed by atoms with Crippen LogP contribution in [0.2, 0.25) is 0 Å². The molecule has 3 rings (SSSR count). The zero-order valence-electron chi connectivity index (χ0n) is 10.3. The van der Waals surface area contributed by atoms with E-state index in [-0.39, 0.29) is 5.83 Å². The van der Waals surface area contributed by atoms with E-state index in [1.807, 2.05) is 6.07 Å². The molecule has 0 unspecified atom stereocenters. The predicted molar refractivity (Wildman–Crippen MR) is 68.9 cm³/mol. The van der Waals surface area contributed by atoms with Gasteiger partial charge in [-0.25, -0.2) is 9.18 Å². The SMILES string of the molecule is O=C(O)Nc1ccc2c(c1)C=C(F)C21CCOCC1. The molecule has 1 aromatic carbocycles. The molecule has 1 saturated heterocycles. The van der Waals surface area contributed by atoms with Crippen LogP contribution in [-0.4, -0.2) is 24.4 Å². The van der Waals surface area contributed by atoms with Crippen molar-refractivity contribution in [3.8, 4) is 0 Å². The van der Waals surface area contributed by atoms with Crippen molar-refractivity contribution >= 4 is 17.9 Å². The first-order chi connectivity index (χ1) is 9.12. The fourth-order valence-corrected chi connectivity index (χ4v) is 2.95. The molecule has 19 heavy (non-hydrogen) atoms. The number of hydrogen-bond donors (Lipinski definition) is 2. The monoisotopic (exact) mass is 263 g/mol. The van der Waals surface area contributed by atoms with Crippen LogP contribution in [0.1, 0.15) is 24.0 Å². The van der Waals surface area contributed by atoms with E-state index in [1.165, 1.54) is 6.08 Å². The third-order valence-electron chi connectivity index (χ3n) is 3.90. The molecular weight excluding hydrogens is 249 g/mol. The van der Waals surface area contributed by atoms with Gasteiger partial charge in [-0.1, -0.05) is 6.07 Å². The van der Waals surface area contributed by atoms with Gasteiger partial charge in [-0.15, -0.1) is 0 Å². The number of hydrogen-bond acceptors (Lipinski definition) is 2. The van der Waals surface area contributed by atoms with Crippen molar-refractivity contribution in [1.82, 2.24) is 0 Å². The lowest BCUT2D eigenvalue weighted by Crippen LogP contribution is -2.33. The fraction of sp³-hybridized carbons (Fsp3) is 0.357. The van der Waals surface area contributed by atoms with Crippen molar-refractivity contribution in [2.24, 2.45) is 0 Å².